The lowest BCUT2D eigenvalue weighted by atomic mass is 10.1. The van der Waals surface area contributed by atoms with E-state index in [9.17, 15) is 0 Å². The first-order chi connectivity index (χ1) is 10.3. The van der Waals surface area contributed by atoms with Crippen LogP contribution in [-0.2, 0) is 6.42 Å². The number of likely N-dealkylation sites (N-methyl/N-ethyl adjacent to an activating group) is 1. The van der Waals surface area contributed by atoms with E-state index in [-0.39, 0.29) is 6.04 Å². The van der Waals surface area contributed by atoms with Gasteiger partial charge in [-0.3, -0.25) is 4.68 Å². The SMILES string of the molecule is CCNC(Cc1ccn(C2CCCC2)n1)c1snnc1C. The Kier molecular flexibility index (Phi) is 4.65. The average Bonchev–Trinajstić information content (AvgIpc) is 3.18. The van der Waals surface area contributed by atoms with Crippen LogP contribution >= 0.6 is 11.5 Å². The van der Waals surface area contributed by atoms with E-state index in [1.807, 2.05) is 6.92 Å². The van der Waals surface area contributed by atoms with Gasteiger partial charge in [0.2, 0.25) is 0 Å². The Morgan fingerprint density at radius 1 is 1.43 bits per heavy atom. The second-order valence-corrected chi connectivity index (χ2v) is 6.55. The maximum atomic E-state index is 4.79. The summed E-state index contributed by atoms with van der Waals surface area (Å²) < 4.78 is 6.23. The zero-order valence-corrected chi connectivity index (χ0v) is 13.6. The van der Waals surface area contributed by atoms with E-state index in [4.69, 9.17) is 5.10 Å². The molecule has 0 saturated heterocycles. The molecule has 2 aromatic rings. The highest BCUT2D eigenvalue weighted by molar-refractivity contribution is 7.05. The van der Waals surface area contributed by atoms with E-state index in [0.717, 1.165) is 24.4 Å². The number of nitrogens with one attached hydrogen (secondary N) is 1. The second-order valence-electron chi connectivity index (χ2n) is 5.76. The van der Waals surface area contributed by atoms with Crippen LogP contribution in [0.25, 0.3) is 0 Å². The monoisotopic (exact) mass is 305 g/mol. The summed E-state index contributed by atoms with van der Waals surface area (Å²) in [5.74, 6) is 0. The molecule has 0 aliphatic heterocycles. The molecule has 0 amide bonds. The van der Waals surface area contributed by atoms with Gasteiger partial charge in [0, 0.05) is 12.6 Å². The van der Waals surface area contributed by atoms with Gasteiger partial charge in [0.05, 0.1) is 28.3 Å². The van der Waals surface area contributed by atoms with Gasteiger partial charge in [0.1, 0.15) is 0 Å². The van der Waals surface area contributed by atoms with Crippen molar-refractivity contribution in [2.75, 3.05) is 6.54 Å². The van der Waals surface area contributed by atoms with Gasteiger partial charge in [-0.05, 0) is 43.9 Å². The highest BCUT2D eigenvalue weighted by Crippen LogP contribution is 2.29. The standard InChI is InChI=1S/C15H23N5S/c1-3-16-14(15-11(2)17-19-21-15)10-12-8-9-20(18-12)13-6-4-5-7-13/h8-9,13-14,16H,3-7,10H2,1-2H3. The van der Waals surface area contributed by atoms with E-state index in [2.05, 4.69) is 38.8 Å². The number of aryl methyl sites for hydroxylation is 1. The third-order valence-electron chi connectivity index (χ3n) is 4.23. The predicted molar refractivity (Wildman–Crippen MR) is 84.5 cm³/mol. The van der Waals surface area contributed by atoms with Crippen LogP contribution in [0.15, 0.2) is 12.3 Å². The molecule has 21 heavy (non-hydrogen) atoms. The van der Waals surface area contributed by atoms with Crippen molar-refractivity contribution >= 4 is 11.5 Å². The summed E-state index contributed by atoms with van der Waals surface area (Å²) in [4.78, 5) is 1.23. The molecule has 0 bridgehead atoms. The minimum atomic E-state index is 0.266. The second kappa shape index (κ2) is 6.66. The molecule has 0 radical (unpaired) electrons. The van der Waals surface area contributed by atoms with Crippen molar-refractivity contribution in [3.63, 3.8) is 0 Å². The molecule has 3 rings (SSSR count). The molecule has 1 fully saturated rings. The normalized spacial score (nSPS) is 17.4. The summed E-state index contributed by atoms with van der Waals surface area (Å²) >= 11 is 1.49. The maximum Gasteiger partial charge on any atom is 0.0772 e. The third-order valence-corrected chi connectivity index (χ3v) is 5.17. The zero-order valence-electron chi connectivity index (χ0n) is 12.7. The van der Waals surface area contributed by atoms with Gasteiger partial charge in [0.25, 0.3) is 0 Å². The molecular formula is C15H23N5S. The molecule has 0 spiro atoms. The Balaban J connectivity index is 1.72. The van der Waals surface area contributed by atoms with Gasteiger partial charge in [-0.1, -0.05) is 24.3 Å². The van der Waals surface area contributed by atoms with Gasteiger partial charge < -0.3 is 5.32 Å². The maximum absolute atomic E-state index is 4.79. The summed E-state index contributed by atoms with van der Waals surface area (Å²) in [7, 11) is 0. The molecule has 6 heteroatoms. The van der Waals surface area contributed by atoms with Crippen LogP contribution in [0, 0.1) is 6.92 Å². The van der Waals surface area contributed by atoms with Gasteiger partial charge in [0.15, 0.2) is 0 Å². The first-order valence-electron chi connectivity index (χ1n) is 7.84. The van der Waals surface area contributed by atoms with Crippen molar-refractivity contribution in [3.05, 3.63) is 28.5 Å². The lowest BCUT2D eigenvalue weighted by molar-refractivity contribution is 0.457. The van der Waals surface area contributed by atoms with Crippen molar-refractivity contribution in [3.8, 4) is 0 Å². The average molecular weight is 305 g/mol. The number of nitrogens with zero attached hydrogens (tertiary/aromatic N) is 4. The molecule has 1 N–H and O–H groups in total. The van der Waals surface area contributed by atoms with Crippen LogP contribution < -0.4 is 5.32 Å². The number of hydrogen-bond donors (Lipinski definition) is 1. The largest absolute Gasteiger partial charge is 0.309 e. The van der Waals surface area contributed by atoms with Crippen LogP contribution in [0.2, 0.25) is 0 Å². The lowest BCUT2D eigenvalue weighted by Crippen LogP contribution is -2.23. The van der Waals surface area contributed by atoms with Crippen molar-refractivity contribution in [2.45, 2.75) is 58.0 Å². The van der Waals surface area contributed by atoms with E-state index in [1.54, 1.807) is 0 Å². The molecule has 1 aliphatic carbocycles. The summed E-state index contributed by atoms with van der Waals surface area (Å²) in [5, 5.41) is 12.5. The lowest BCUT2D eigenvalue weighted by Gasteiger charge is -2.15. The summed E-state index contributed by atoms with van der Waals surface area (Å²) in [6, 6.07) is 3.04. The molecule has 2 heterocycles. The Bertz CT molecular complexity index is 570. The fourth-order valence-corrected chi connectivity index (χ4v) is 3.85. The molecule has 1 atom stereocenters. The summed E-state index contributed by atoms with van der Waals surface area (Å²) in [6.45, 7) is 5.10. The van der Waals surface area contributed by atoms with Crippen LogP contribution in [0.4, 0.5) is 0 Å². The van der Waals surface area contributed by atoms with Crippen molar-refractivity contribution in [2.24, 2.45) is 0 Å². The van der Waals surface area contributed by atoms with Crippen molar-refractivity contribution in [1.29, 1.82) is 0 Å². The van der Waals surface area contributed by atoms with Gasteiger partial charge in [-0.2, -0.15) is 5.10 Å². The third kappa shape index (κ3) is 3.32. The molecule has 114 valence electrons. The van der Waals surface area contributed by atoms with E-state index >= 15 is 0 Å². The smallest absolute Gasteiger partial charge is 0.0772 e. The number of aromatic nitrogens is 4. The Morgan fingerprint density at radius 3 is 2.90 bits per heavy atom. The van der Waals surface area contributed by atoms with Crippen LogP contribution in [0.3, 0.4) is 0 Å². The summed E-state index contributed by atoms with van der Waals surface area (Å²) in [6.07, 6.45) is 8.27. The molecule has 1 aliphatic rings. The molecule has 1 unspecified atom stereocenters. The van der Waals surface area contributed by atoms with Crippen LogP contribution in [0.1, 0.15) is 61.0 Å². The minimum absolute atomic E-state index is 0.266. The molecule has 0 aromatic carbocycles. The molecule has 2 aromatic heterocycles. The number of rotatable bonds is 6. The van der Waals surface area contributed by atoms with Crippen LogP contribution in [0.5, 0.6) is 0 Å². The Hall–Kier alpha value is -1.27. The molecule has 1 saturated carbocycles. The van der Waals surface area contributed by atoms with E-state index in [1.165, 1.54) is 42.1 Å². The Labute approximate surface area is 129 Å². The molecular weight excluding hydrogens is 282 g/mol. The van der Waals surface area contributed by atoms with Crippen molar-refractivity contribution in [1.82, 2.24) is 24.7 Å². The first kappa shape index (κ1) is 14.7. The fraction of sp³-hybridized carbons (Fsp3) is 0.667. The molecule has 5 nitrogen and oxygen atoms in total. The summed E-state index contributed by atoms with van der Waals surface area (Å²) in [5.41, 5.74) is 2.18. The van der Waals surface area contributed by atoms with Gasteiger partial charge in [-0.25, -0.2) is 0 Å². The van der Waals surface area contributed by atoms with Gasteiger partial charge >= 0.3 is 0 Å². The predicted octanol–water partition coefficient (Wildman–Crippen LogP) is 3.05. The first-order valence-corrected chi connectivity index (χ1v) is 8.61. The van der Waals surface area contributed by atoms with E-state index in [0.29, 0.717) is 6.04 Å². The van der Waals surface area contributed by atoms with E-state index < -0.39 is 0 Å². The fourth-order valence-electron chi connectivity index (χ4n) is 3.13. The zero-order chi connectivity index (χ0) is 14.7. The quantitative estimate of drug-likeness (QED) is 0.891. The van der Waals surface area contributed by atoms with Gasteiger partial charge in [-0.15, -0.1) is 5.10 Å². The topological polar surface area (TPSA) is 55.6 Å². The number of hydrogen-bond acceptors (Lipinski definition) is 5. The Morgan fingerprint density at radius 2 is 2.24 bits per heavy atom. The van der Waals surface area contributed by atoms with Crippen LogP contribution in [-0.4, -0.2) is 25.9 Å². The highest BCUT2D eigenvalue weighted by Gasteiger charge is 2.20. The minimum Gasteiger partial charge on any atom is -0.309 e. The highest BCUT2D eigenvalue weighted by atomic mass is 32.1. The van der Waals surface area contributed by atoms with Crippen molar-refractivity contribution < 1.29 is 0 Å².